The molecule has 2 rings (SSSR count). The van der Waals surface area contributed by atoms with Crippen LogP contribution in [-0.2, 0) is 13.2 Å². The van der Waals surface area contributed by atoms with Crippen LogP contribution in [0.2, 0.25) is 5.02 Å². The minimum atomic E-state index is -0.240. The highest BCUT2D eigenvalue weighted by Gasteiger charge is 2.05. The molecule has 0 aliphatic heterocycles. The van der Waals surface area contributed by atoms with Crippen LogP contribution in [0.15, 0.2) is 42.5 Å². The van der Waals surface area contributed by atoms with Gasteiger partial charge in [0.05, 0.1) is 0 Å². The highest BCUT2D eigenvalue weighted by atomic mass is 35.5. The van der Waals surface area contributed by atoms with E-state index in [1.165, 1.54) is 12.1 Å². The average molecular weight is 358 g/mol. The first kappa shape index (κ1) is 19.8. The second kappa shape index (κ2) is 10.5. The van der Waals surface area contributed by atoms with Gasteiger partial charge in [-0.2, -0.15) is 0 Å². The fourth-order valence-electron chi connectivity index (χ4n) is 2.09. The van der Waals surface area contributed by atoms with Gasteiger partial charge in [-0.15, -0.1) is 12.4 Å². The van der Waals surface area contributed by atoms with Crippen molar-refractivity contribution in [2.75, 3.05) is 6.54 Å². The Hall–Kier alpha value is -1.29. The number of unbranched alkanes of at least 4 members (excludes halogenated alkanes) is 1. The van der Waals surface area contributed by atoms with Crippen molar-refractivity contribution in [2.45, 2.75) is 32.9 Å². The van der Waals surface area contributed by atoms with Gasteiger partial charge in [-0.25, -0.2) is 4.39 Å². The van der Waals surface area contributed by atoms with E-state index in [0.717, 1.165) is 42.8 Å². The number of hydrogen-bond acceptors (Lipinski definition) is 2. The topological polar surface area (TPSA) is 21.3 Å². The van der Waals surface area contributed by atoms with Crippen molar-refractivity contribution in [3.8, 4) is 5.75 Å². The van der Waals surface area contributed by atoms with Gasteiger partial charge in [-0.05, 0) is 48.9 Å². The molecule has 2 nitrogen and oxygen atoms in total. The van der Waals surface area contributed by atoms with E-state index in [2.05, 4.69) is 12.2 Å². The van der Waals surface area contributed by atoms with Gasteiger partial charge in [0.2, 0.25) is 0 Å². The Morgan fingerprint density at radius 3 is 2.57 bits per heavy atom. The number of hydrogen-bond donors (Lipinski definition) is 1. The van der Waals surface area contributed by atoms with Crippen LogP contribution in [0, 0.1) is 5.82 Å². The van der Waals surface area contributed by atoms with Gasteiger partial charge in [0.1, 0.15) is 18.2 Å². The van der Waals surface area contributed by atoms with Crippen LogP contribution in [0.1, 0.15) is 30.9 Å². The van der Waals surface area contributed by atoms with Crippen molar-refractivity contribution in [2.24, 2.45) is 0 Å². The lowest BCUT2D eigenvalue weighted by atomic mass is 10.2. The second-order valence-corrected chi connectivity index (χ2v) is 5.63. The number of ether oxygens (including phenoxy) is 1. The maximum atomic E-state index is 12.9. The summed E-state index contributed by atoms with van der Waals surface area (Å²) < 4.78 is 18.8. The maximum Gasteiger partial charge on any atom is 0.124 e. The zero-order chi connectivity index (χ0) is 15.8. The summed E-state index contributed by atoms with van der Waals surface area (Å²) in [5.41, 5.74) is 1.96. The van der Waals surface area contributed by atoms with E-state index in [0.29, 0.717) is 11.6 Å². The summed E-state index contributed by atoms with van der Waals surface area (Å²) in [5.74, 6) is 0.564. The Labute approximate surface area is 148 Å². The lowest BCUT2D eigenvalue weighted by Gasteiger charge is -2.13. The molecular weight excluding hydrogens is 336 g/mol. The van der Waals surface area contributed by atoms with Crippen molar-refractivity contribution in [1.29, 1.82) is 0 Å². The molecule has 0 aliphatic rings. The third kappa shape index (κ3) is 6.78. The standard InChI is InChI=1S/C18H21ClFNO.ClH/c1-2-3-10-21-12-15-11-16(19)6-9-18(15)22-13-14-4-7-17(20)8-5-14;/h4-9,11,21H,2-3,10,12-13H2,1H3;1H. The molecule has 0 heterocycles. The van der Waals surface area contributed by atoms with Crippen LogP contribution in [0.25, 0.3) is 0 Å². The van der Waals surface area contributed by atoms with E-state index in [9.17, 15) is 4.39 Å². The maximum absolute atomic E-state index is 12.9. The largest absolute Gasteiger partial charge is 0.489 e. The van der Waals surface area contributed by atoms with Gasteiger partial charge >= 0.3 is 0 Å². The Morgan fingerprint density at radius 2 is 1.87 bits per heavy atom. The van der Waals surface area contributed by atoms with Gasteiger partial charge in [0.15, 0.2) is 0 Å². The molecule has 0 amide bonds. The highest BCUT2D eigenvalue weighted by molar-refractivity contribution is 6.30. The summed E-state index contributed by atoms with van der Waals surface area (Å²) in [7, 11) is 0. The number of rotatable bonds is 8. The van der Waals surface area contributed by atoms with Crippen molar-refractivity contribution in [3.05, 3.63) is 64.4 Å². The number of nitrogens with one attached hydrogen (secondary N) is 1. The molecule has 0 saturated carbocycles. The molecule has 0 fully saturated rings. The summed E-state index contributed by atoms with van der Waals surface area (Å²) >= 11 is 6.07. The average Bonchev–Trinajstić information content (AvgIpc) is 2.52. The molecule has 0 saturated heterocycles. The van der Waals surface area contributed by atoms with E-state index in [1.54, 1.807) is 12.1 Å². The molecule has 1 N–H and O–H groups in total. The first-order chi connectivity index (χ1) is 10.7. The first-order valence-electron chi connectivity index (χ1n) is 7.55. The summed E-state index contributed by atoms with van der Waals surface area (Å²) in [6, 6.07) is 11.9. The smallest absolute Gasteiger partial charge is 0.124 e. The normalized spacial score (nSPS) is 10.2. The van der Waals surface area contributed by atoms with E-state index in [4.69, 9.17) is 16.3 Å². The SMILES string of the molecule is CCCCNCc1cc(Cl)ccc1OCc1ccc(F)cc1.Cl. The van der Waals surface area contributed by atoms with Gasteiger partial charge in [-0.1, -0.05) is 37.1 Å². The van der Waals surface area contributed by atoms with Gasteiger partial charge in [0, 0.05) is 17.1 Å². The van der Waals surface area contributed by atoms with Crippen LogP contribution >= 0.6 is 24.0 Å². The van der Waals surface area contributed by atoms with Crippen molar-refractivity contribution < 1.29 is 9.13 Å². The molecule has 0 bridgehead atoms. The van der Waals surface area contributed by atoms with Gasteiger partial charge in [-0.3, -0.25) is 0 Å². The summed E-state index contributed by atoms with van der Waals surface area (Å²) in [5, 5.41) is 4.08. The Morgan fingerprint density at radius 1 is 1.13 bits per heavy atom. The Bertz CT molecular complexity index is 590. The number of benzene rings is 2. The molecule has 0 atom stereocenters. The Kier molecular flexibility index (Phi) is 9.00. The predicted molar refractivity (Wildman–Crippen MR) is 96.0 cm³/mol. The van der Waals surface area contributed by atoms with Crippen LogP contribution < -0.4 is 10.1 Å². The third-order valence-corrected chi connectivity index (χ3v) is 3.59. The van der Waals surface area contributed by atoms with E-state index >= 15 is 0 Å². The van der Waals surface area contributed by atoms with Crippen LogP contribution in [0.4, 0.5) is 4.39 Å². The van der Waals surface area contributed by atoms with E-state index < -0.39 is 0 Å². The minimum absolute atomic E-state index is 0. The van der Waals surface area contributed by atoms with Crippen LogP contribution in [0.3, 0.4) is 0 Å². The lowest BCUT2D eigenvalue weighted by Crippen LogP contribution is -2.15. The first-order valence-corrected chi connectivity index (χ1v) is 7.93. The molecule has 0 aliphatic carbocycles. The summed E-state index contributed by atoms with van der Waals surface area (Å²) in [6.45, 7) is 4.27. The van der Waals surface area contributed by atoms with E-state index in [-0.39, 0.29) is 18.2 Å². The highest BCUT2D eigenvalue weighted by Crippen LogP contribution is 2.24. The molecule has 5 heteroatoms. The molecular formula is C18H22Cl2FNO. The van der Waals surface area contributed by atoms with Crippen molar-refractivity contribution in [3.63, 3.8) is 0 Å². The second-order valence-electron chi connectivity index (χ2n) is 5.20. The third-order valence-electron chi connectivity index (χ3n) is 3.35. The molecule has 0 radical (unpaired) electrons. The molecule has 0 spiro atoms. The Balaban J connectivity index is 0.00000264. The summed E-state index contributed by atoms with van der Waals surface area (Å²) in [6.07, 6.45) is 2.31. The quantitative estimate of drug-likeness (QED) is 0.641. The molecule has 126 valence electrons. The van der Waals surface area contributed by atoms with Crippen LogP contribution in [-0.4, -0.2) is 6.54 Å². The van der Waals surface area contributed by atoms with Crippen LogP contribution in [0.5, 0.6) is 5.75 Å². The fraction of sp³-hybridized carbons (Fsp3) is 0.333. The molecule has 0 aromatic heterocycles. The van der Waals surface area contributed by atoms with Crippen molar-refractivity contribution in [1.82, 2.24) is 5.32 Å². The zero-order valence-corrected chi connectivity index (χ0v) is 14.7. The molecule has 2 aromatic rings. The monoisotopic (exact) mass is 357 g/mol. The molecule has 0 unspecified atom stereocenters. The molecule has 23 heavy (non-hydrogen) atoms. The molecule has 2 aromatic carbocycles. The summed E-state index contributed by atoms with van der Waals surface area (Å²) in [4.78, 5) is 0. The lowest BCUT2D eigenvalue weighted by molar-refractivity contribution is 0.302. The fourth-order valence-corrected chi connectivity index (χ4v) is 2.29. The minimum Gasteiger partial charge on any atom is -0.489 e. The zero-order valence-electron chi connectivity index (χ0n) is 13.1. The van der Waals surface area contributed by atoms with E-state index in [1.807, 2.05) is 18.2 Å². The van der Waals surface area contributed by atoms with Gasteiger partial charge in [0.25, 0.3) is 0 Å². The number of halogens is 3. The van der Waals surface area contributed by atoms with Crippen molar-refractivity contribution >= 4 is 24.0 Å². The predicted octanol–water partition coefficient (Wildman–Crippen LogP) is 5.37. The van der Waals surface area contributed by atoms with Gasteiger partial charge < -0.3 is 10.1 Å².